The van der Waals surface area contributed by atoms with Crippen LogP contribution in [0.2, 0.25) is 0 Å². The molecule has 0 bridgehead atoms. The zero-order valence-electron chi connectivity index (χ0n) is 21.8. The number of carboxylic acid groups (broad SMARTS) is 1. The molecule has 4 rings (SSSR count). The van der Waals surface area contributed by atoms with E-state index in [2.05, 4.69) is 15.0 Å². The number of imidazole rings is 1. The fourth-order valence-corrected chi connectivity index (χ4v) is 6.78. The van der Waals surface area contributed by atoms with Gasteiger partial charge in [0, 0.05) is 23.4 Å². The van der Waals surface area contributed by atoms with Gasteiger partial charge in [-0.3, -0.25) is 9.19 Å². The van der Waals surface area contributed by atoms with Crippen LogP contribution in [0.25, 0.3) is 11.2 Å². The summed E-state index contributed by atoms with van der Waals surface area (Å²) >= 11 is 0. The summed E-state index contributed by atoms with van der Waals surface area (Å²) in [6.45, 7) is 2.92. The number of ether oxygens (including phenoxy) is 3. The van der Waals surface area contributed by atoms with Crippen LogP contribution in [0, 0.1) is 13.8 Å². The molecule has 3 heterocycles. The van der Waals surface area contributed by atoms with E-state index in [9.17, 15) is 22.5 Å². The number of fused-ring (bicyclic) bond motifs is 1. The largest absolute Gasteiger partial charge is 1.00 e. The number of rotatable bonds is 10. The van der Waals surface area contributed by atoms with E-state index in [0.29, 0.717) is 17.0 Å². The van der Waals surface area contributed by atoms with Crippen molar-refractivity contribution in [2.45, 2.75) is 29.7 Å². The third-order valence-corrected chi connectivity index (χ3v) is 8.62. The van der Waals surface area contributed by atoms with E-state index >= 15 is 0 Å². The molecule has 0 radical (unpaired) electrons. The molecule has 0 fully saturated rings. The molecule has 0 aliphatic heterocycles. The molecular weight excluding hydrogens is 559 g/mol. The molecule has 0 saturated heterocycles. The van der Waals surface area contributed by atoms with Crippen molar-refractivity contribution in [3.05, 3.63) is 59.4 Å². The van der Waals surface area contributed by atoms with Gasteiger partial charge in [-0.05, 0) is 44.2 Å². The summed E-state index contributed by atoms with van der Waals surface area (Å²) in [6.07, 6.45) is 1.59. The summed E-state index contributed by atoms with van der Waals surface area (Å²) in [7, 11) is -3.38. The van der Waals surface area contributed by atoms with Crippen LogP contribution in [0.5, 0.6) is 17.4 Å². The summed E-state index contributed by atoms with van der Waals surface area (Å²) in [5.74, 6) is -0.618. The van der Waals surface area contributed by atoms with Crippen LogP contribution in [0.1, 0.15) is 16.8 Å². The molecule has 200 valence electrons. The fourth-order valence-electron chi connectivity index (χ4n) is 3.75. The Kier molecular flexibility index (Phi) is 9.72. The molecule has 0 saturated carbocycles. The van der Waals surface area contributed by atoms with Crippen molar-refractivity contribution in [1.82, 2.24) is 18.9 Å². The third-order valence-electron chi connectivity index (χ3n) is 5.57. The molecule has 1 aromatic carbocycles. The number of aromatic nitrogens is 4. The van der Waals surface area contributed by atoms with Gasteiger partial charge < -0.3 is 24.1 Å². The maximum Gasteiger partial charge on any atom is 1.00 e. The zero-order chi connectivity index (χ0) is 27.6. The quantitative estimate of drug-likeness (QED) is 0.193. The number of methoxy groups -OCH3 is 2. The molecule has 0 N–H and O–H groups in total. The minimum absolute atomic E-state index is 0. The number of pyridine rings is 2. The van der Waals surface area contributed by atoms with Crippen molar-refractivity contribution < 1.29 is 66.3 Å². The number of aryl methyl sites for hydroxylation is 1. The predicted molar refractivity (Wildman–Crippen MR) is 134 cm³/mol. The summed E-state index contributed by atoms with van der Waals surface area (Å²) in [5.41, 5.74) is 2.06. The van der Waals surface area contributed by atoms with Crippen LogP contribution in [0.4, 0.5) is 0 Å². The zero-order valence-corrected chi connectivity index (χ0v) is 25.5. The number of aliphatic carboxylic acids is 1. The number of nitrogens with zero attached hydrogens (tertiary/aromatic N) is 4. The Bertz CT molecular complexity index is 1660. The maximum absolute atomic E-state index is 13.8. The third kappa shape index (κ3) is 6.25. The molecule has 0 amide bonds. The molecule has 3 aromatic heterocycles. The summed E-state index contributed by atoms with van der Waals surface area (Å²) in [6, 6.07) is 8.02. The first-order valence-corrected chi connectivity index (χ1v) is 13.8. The average molecular weight is 583 g/mol. The summed E-state index contributed by atoms with van der Waals surface area (Å²) in [4.78, 5) is 23.3. The molecule has 0 aliphatic rings. The number of carbonyl (C=O) groups is 1. The van der Waals surface area contributed by atoms with E-state index in [1.54, 1.807) is 13.1 Å². The second kappa shape index (κ2) is 12.4. The van der Waals surface area contributed by atoms with Crippen molar-refractivity contribution in [2.75, 3.05) is 20.8 Å². The first kappa shape index (κ1) is 30.5. The molecule has 4 aromatic rings. The minimum atomic E-state index is -4.34. The van der Waals surface area contributed by atoms with Gasteiger partial charge in [0.15, 0.2) is 5.65 Å². The molecule has 1 unspecified atom stereocenters. The Morgan fingerprint density at radius 1 is 1.05 bits per heavy atom. The van der Waals surface area contributed by atoms with E-state index in [4.69, 9.17) is 14.2 Å². The molecular formula is C24H23N4NaO8S2. The van der Waals surface area contributed by atoms with Crippen molar-refractivity contribution in [3.63, 3.8) is 0 Å². The smallest absolute Gasteiger partial charge is 0.546 e. The SMILES string of the molecule is COc1ccc2c(n1)nc(S(=O)Cc1ncc(C)c(OC)c1C)n2S(=O)(=O)c1ccc(OCC(=O)[O-])cc1.[Na+]. The van der Waals surface area contributed by atoms with Gasteiger partial charge in [0.05, 0.1) is 47.3 Å². The monoisotopic (exact) mass is 582 g/mol. The Hall–Kier alpha value is -3.04. The van der Waals surface area contributed by atoms with Gasteiger partial charge in [-0.1, -0.05) is 0 Å². The van der Waals surface area contributed by atoms with Crippen LogP contribution < -0.4 is 48.9 Å². The normalized spacial score (nSPS) is 12.0. The Balaban J connectivity index is 0.00000420. The van der Waals surface area contributed by atoms with Crippen LogP contribution in [0.15, 0.2) is 52.6 Å². The average Bonchev–Trinajstić information content (AvgIpc) is 3.29. The second-order valence-electron chi connectivity index (χ2n) is 8.03. The minimum Gasteiger partial charge on any atom is -0.546 e. The predicted octanol–water partition coefficient (Wildman–Crippen LogP) is -1.86. The van der Waals surface area contributed by atoms with Gasteiger partial charge in [-0.15, -0.1) is 0 Å². The van der Waals surface area contributed by atoms with E-state index in [0.717, 1.165) is 9.54 Å². The van der Waals surface area contributed by atoms with Crippen LogP contribution in [-0.2, 0) is 31.4 Å². The van der Waals surface area contributed by atoms with Gasteiger partial charge >= 0.3 is 29.6 Å². The van der Waals surface area contributed by atoms with Crippen LogP contribution >= 0.6 is 0 Å². The van der Waals surface area contributed by atoms with Crippen molar-refractivity contribution in [3.8, 4) is 17.4 Å². The van der Waals surface area contributed by atoms with E-state index < -0.39 is 33.4 Å². The van der Waals surface area contributed by atoms with E-state index in [1.165, 1.54) is 50.6 Å². The Labute approximate surface area is 249 Å². The van der Waals surface area contributed by atoms with Crippen molar-refractivity contribution >= 4 is 38.0 Å². The summed E-state index contributed by atoms with van der Waals surface area (Å²) in [5, 5.41) is 10.4. The number of benzene rings is 1. The second-order valence-corrected chi connectivity index (χ2v) is 11.2. The van der Waals surface area contributed by atoms with E-state index in [1.807, 2.05) is 6.92 Å². The van der Waals surface area contributed by atoms with Gasteiger partial charge in [-0.2, -0.15) is 9.97 Å². The number of hydrogen-bond donors (Lipinski definition) is 0. The number of hydrogen-bond acceptors (Lipinski definition) is 11. The molecule has 0 spiro atoms. The van der Waals surface area contributed by atoms with Gasteiger partial charge in [-0.25, -0.2) is 12.4 Å². The molecule has 12 nitrogen and oxygen atoms in total. The summed E-state index contributed by atoms with van der Waals surface area (Å²) < 4.78 is 57.6. The number of carboxylic acids is 1. The first-order valence-electron chi connectivity index (χ1n) is 11.1. The molecule has 15 heteroatoms. The first-order chi connectivity index (χ1) is 18.1. The molecule has 39 heavy (non-hydrogen) atoms. The van der Waals surface area contributed by atoms with Gasteiger partial charge in [0.25, 0.3) is 10.0 Å². The fraction of sp³-hybridized carbons (Fsp3) is 0.250. The van der Waals surface area contributed by atoms with Crippen molar-refractivity contribution in [1.29, 1.82) is 0 Å². The van der Waals surface area contributed by atoms with E-state index in [-0.39, 0.29) is 68.2 Å². The number of carbonyl (C=O) groups excluding carboxylic acids is 1. The topological polar surface area (TPSA) is 163 Å². The van der Waals surface area contributed by atoms with Crippen LogP contribution in [0.3, 0.4) is 0 Å². The van der Waals surface area contributed by atoms with Crippen LogP contribution in [-0.4, -0.2) is 58.3 Å². The van der Waals surface area contributed by atoms with Crippen molar-refractivity contribution in [2.24, 2.45) is 0 Å². The van der Waals surface area contributed by atoms with Gasteiger partial charge in [0.2, 0.25) is 11.0 Å². The molecule has 0 aliphatic carbocycles. The Morgan fingerprint density at radius 3 is 2.36 bits per heavy atom. The maximum atomic E-state index is 13.8. The standard InChI is InChI=1S/C24H24N4O8S2.Na/c1-14-11-25-18(15(2)22(14)35-4)13-37(31)24-27-23-19(9-10-20(26-23)34-3)28(24)38(32,33)17-7-5-16(6-8-17)36-12-21(29)30;/h5-11H,12-13H2,1-4H3,(H,29,30);/q;+1/p-1. The van der Waals surface area contributed by atoms with Gasteiger partial charge in [0.1, 0.15) is 23.6 Å². The molecule has 1 atom stereocenters. The Morgan fingerprint density at radius 2 is 1.74 bits per heavy atom.